The molecule has 1 heterocycles. The third-order valence-electron chi connectivity index (χ3n) is 2.81. The maximum absolute atomic E-state index is 13.1. The number of halogens is 2. The lowest BCUT2D eigenvalue weighted by Gasteiger charge is -2.14. The molecule has 0 aliphatic rings. The first-order valence-electron chi connectivity index (χ1n) is 5.83. The molecule has 96 valence electrons. The first kappa shape index (κ1) is 13.2. The Labute approximate surface area is 114 Å². The molecule has 0 radical (unpaired) electrons. The first-order chi connectivity index (χ1) is 8.66. The minimum absolute atomic E-state index is 0.178. The molecule has 0 saturated heterocycles. The molecule has 0 aliphatic carbocycles. The van der Waals surface area contributed by atoms with Crippen LogP contribution in [-0.4, -0.2) is 16.5 Å². The van der Waals surface area contributed by atoms with Crippen LogP contribution in [0.5, 0.6) is 0 Å². The van der Waals surface area contributed by atoms with E-state index in [1.54, 1.807) is 18.3 Å². The second kappa shape index (κ2) is 6.11. The maximum atomic E-state index is 13.1. The summed E-state index contributed by atoms with van der Waals surface area (Å²) in [5, 5.41) is 3.38. The molecule has 2 rings (SSSR count). The number of H-pyrrole nitrogens is 1. The van der Waals surface area contributed by atoms with E-state index in [0.29, 0.717) is 4.47 Å². The van der Waals surface area contributed by atoms with Crippen molar-refractivity contribution >= 4 is 15.9 Å². The zero-order valence-electron chi connectivity index (χ0n) is 10.1. The monoisotopic (exact) mass is 311 g/mol. The number of nitrogens with zero attached hydrogens (tertiary/aromatic N) is 1. The lowest BCUT2D eigenvalue weighted by molar-refractivity contribution is 0.567. The molecule has 18 heavy (non-hydrogen) atoms. The summed E-state index contributed by atoms with van der Waals surface area (Å²) < 4.78 is 13.6. The van der Waals surface area contributed by atoms with Crippen LogP contribution in [0.25, 0.3) is 0 Å². The van der Waals surface area contributed by atoms with Crippen molar-refractivity contribution in [3.8, 4) is 0 Å². The van der Waals surface area contributed by atoms with Crippen molar-refractivity contribution in [3.05, 3.63) is 52.3 Å². The summed E-state index contributed by atoms with van der Waals surface area (Å²) in [5.74, 6) is 0.733. The molecule has 0 fully saturated rings. The van der Waals surface area contributed by atoms with E-state index >= 15 is 0 Å². The Morgan fingerprint density at radius 3 is 3.00 bits per heavy atom. The summed E-state index contributed by atoms with van der Waals surface area (Å²) >= 11 is 3.20. The van der Waals surface area contributed by atoms with E-state index in [2.05, 4.69) is 38.1 Å². The van der Waals surface area contributed by atoms with E-state index in [0.717, 1.165) is 24.4 Å². The zero-order valence-corrected chi connectivity index (χ0v) is 11.7. The van der Waals surface area contributed by atoms with Crippen molar-refractivity contribution < 1.29 is 4.39 Å². The Kier molecular flexibility index (Phi) is 4.49. The summed E-state index contributed by atoms with van der Waals surface area (Å²) in [6.45, 7) is 2.88. The number of hydrogen-bond acceptors (Lipinski definition) is 2. The van der Waals surface area contributed by atoms with Crippen molar-refractivity contribution in [2.45, 2.75) is 19.4 Å². The molecule has 1 atom stereocenters. The topological polar surface area (TPSA) is 40.7 Å². The number of nitrogens with one attached hydrogen (secondary N) is 2. The number of hydrogen-bond donors (Lipinski definition) is 2. The maximum Gasteiger partial charge on any atom is 0.137 e. The number of aromatic nitrogens is 2. The molecule has 1 aromatic carbocycles. The molecule has 0 saturated carbocycles. The third kappa shape index (κ3) is 3.40. The van der Waals surface area contributed by atoms with Gasteiger partial charge >= 0.3 is 0 Å². The van der Waals surface area contributed by atoms with Gasteiger partial charge in [-0.1, -0.05) is 6.07 Å². The Bertz CT molecular complexity index is 499. The van der Waals surface area contributed by atoms with Gasteiger partial charge in [0, 0.05) is 31.4 Å². The Morgan fingerprint density at radius 1 is 1.50 bits per heavy atom. The average molecular weight is 312 g/mol. The van der Waals surface area contributed by atoms with Crippen LogP contribution in [0.3, 0.4) is 0 Å². The molecule has 2 N–H and O–H groups in total. The Hall–Kier alpha value is -1.20. The summed E-state index contributed by atoms with van der Waals surface area (Å²) in [5.41, 5.74) is 1.06. The van der Waals surface area contributed by atoms with Gasteiger partial charge in [0.2, 0.25) is 0 Å². The molecule has 5 heteroatoms. The fraction of sp³-hybridized carbons (Fsp3) is 0.308. The minimum Gasteiger partial charge on any atom is -0.349 e. The van der Waals surface area contributed by atoms with Gasteiger partial charge in [-0.05, 0) is 40.5 Å². The fourth-order valence-corrected chi connectivity index (χ4v) is 2.14. The molecular formula is C13H15BrFN3. The molecular weight excluding hydrogens is 297 g/mol. The second-order valence-corrected chi connectivity index (χ2v) is 4.99. The lowest BCUT2D eigenvalue weighted by Crippen LogP contribution is -2.21. The molecule has 1 unspecified atom stereocenters. The molecule has 0 amide bonds. The van der Waals surface area contributed by atoms with E-state index in [1.165, 1.54) is 6.07 Å². The predicted octanol–water partition coefficient (Wildman–Crippen LogP) is 3.20. The van der Waals surface area contributed by atoms with Crippen LogP contribution in [0.4, 0.5) is 4.39 Å². The quantitative estimate of drug-likeness (QED) is 0.890. The fourth-order valence-electron chi connectivity index (χ4n) is 1.74. The van der Waals surface area contributed by atoms with Gasteiger partial charge in [-0.15, -0.1) is 0 Å². The molecule has 0 spiro atoms. The van der Waals surface area contributed by atoms with Gasteiger partial charge in [-0.3, -0.25) is 0 Å². The first-order valence-corrected chi connectivity index (χ1v) is 6.62. The van der Waals surface area contributed by atoms with Gasteiger partial charge < -0.3 is 10.3 Å². The predicted molar refractivity (Wildman–Crippen MR) is 72.8 cm³/mol. The highest BCUT2D eigenvalue weighted by atomic mass is 79.9. The van der Waals surface area contributed by atoms with Crippen LogP contribution in [0.2, 0.25) is 0 Å². The number of aromatic amines is 1. The van der Waals surface area contributed by atoms with Crippen molar-refractivity contribution in [1.29, 1.82) is 0 Å². The highest BCUT2D eigenvalue weighted by Crippen LogP contribution is 2.21. The van der Waals surface area contributed by atoms with Crippen molar-refractivity contribution in [3.63, 3.8) is 0 Å². The molecule has 1 aromatic heterocycles. The summed E-state index contributed by atoms with van der Waals surface area (Å²) in [7, 11) is 0. The highest BCUT2D eigenvalue weighted by molar-refractivity contribution is 9.10. The number of imidazole rings is 1. The second-order valence-electron chi connectivity index (χ2n) is 4.14. The number of rotatable bonds is 5. The van der Waals surface area contributed by atoms with E-state index in [4.69, 9.17) is 0 Å². The van der Waals surface area contributed by atoms with Gasteiger partial charge in [0.1, 0.15) is 11.6 Å². The summed E-state index contributed by atoms with van der Waals surface area (Å²) in [6, 6.07) is 5.26. The lowest BCUT2D eigenvalue weighted by atomic mass is 10.1. The van der Waals surface area contributed by atoms with Crippen LogP contribution in [0.1, 0.15) is 24.4 Å². The van der Waals surface area contributed by atoms with Crippen LogP contribution in [0.15, 0.2) is 35.1 Å². The van der Waals surface area contributed by atoms with Crippen LogP contribution >= 0.6 is 15.9 Å². The molecule has 3 nitrogen and oxygen atoms in total. The number of benzene rings is 1. The minimum atomic E-state index is -0.235. The van der Waals surface area contributed by atoms with Crippen LogP contribution in [-0.2, 0) is 6.42 Å². The standard InChI is InChI=1S/C13H15BrFN3/c1-9(10-2-3-12(15)11(14)8-10)16-5-4-13-17-6-7-18-13/h2-3,6-9,16H,4-5H2,1H3,(H,17,18). The molecule has 0 bridgehead atoms. The molecule has 2 aromatic rings. The largest absolute Gasteiger partial charge is 0.349 e. The van der Waals surface area contributed by atoms with E-state index in [1.807, 2.05) is 6.20 Å². The van der Waals surface area contributed by atoms with Crippen molar-refractivity contribution in [1.82, 2.24) is 15.3 Å². The molecule has 0 aliphatic heterocycles. The van der Waals surface area contributed by atoms with Crippen molar-refractivity contribution in [2.24, 2.45) is 0 Å². The summed E-state index contributed by atoms with van der Waals surface area (Å²) in [4.78, 5) is 7.22. The van der Waals surface area contributed by atoms with E-state index in [9.17, 15) is 4.39 Å². The van der Waals surface area contributed by atoms with Gasteiger partial charge in [0.05, 0.1) is 4.47 Å². The Balaban J connectivity index is 1.87. The zero-order chi connectivity index (χ0) is 13.0. The third-order valence-corrected chi connectivity index (χ3v) is 3.42. The smallest absolute Gasteiger partial charge is 0.137 e. The van der Waals surface area contributed by atoms with Crippen LogP contribution < -0.4 is 5.32 Å². The van der Waals surface area contributed by atoms with Gasteiger partial charge in [-0.2, -0.15) is 0 Å². The van der Waals surface area contributed by atoms with Gasteiger partial charge in [0.15, 0.2) is 0 Å². The van der Waals surface area contributed by atoms with E-state index in [-0.39, 0.29) is 11.9 Å². The van der Waals surface area contributed by atoms with Gasteiger partial charge in [0.25, 0.3) is 0 Å². The average Bonchev–Trinajstić information content (AvgIpc) is 2.85. The van der Waals surface area contributed by atoms with E-state index < -0.39 is 0 Å². The SMILES string of the molecule is CC(NCCc1ncc[nH]1)c1ccc(F)c(Br)c1. The normalized spacial score (nSPS) is 12.6. The van der Waals surface area contributed by atoms with Gasteiger partial charge in [-0.25, -0.2) is 9.37 Å². The summed E-state index contributed by atoms with van der Waals surface area (Å²) in [6.07, 6.45) is 4.41. The Morgan fingerprint density at radius 2 is 2.33 bits per heavy atom. The highest BCUT2D eigenvalue weighted by Gasteiger charge is 2.07. The van der Waals surface area contributed by atoms with Crippen molar-refractivity contribution in [2.75, 3.05) is 6.54 Å². The van der Waals surface area contributed by atoms with Crippen LogP contribution in [0, 0.1) is 5.82 Å².